The van der Waals surface area contributed by atoms with E-state index in [4.69, 9.17) is 9.84 Å². The number of esters is 1. The quantitative estimate of drug-likeness (QED) is 0.865. The topological polar surface area (TPSA) is 76.5 Å². The molecule has 2 aromatic rings. The number of hydrogen-bond donors (Lipinski definition) is 1. The van der Waals surface area contributed by atoms with E-state index in [-0.39, 0.29) is 17.7 Å². The molecular weight excluding hydrogens is 258 g/mol. The zero-order valence-corrected chi connectivity index (χ0v) is 10.9. The van der Waals surface area contributed by atoms with Crippen LogP contribution < -0.4 is 0 Å². The predicted molar refractivity (Wildman–Crippen MR) is 72.6 cm³/mol. The van der Waals surface area contributed by atoms with Gasteiger partial charge < -0.3 is 9.84 Å². The van der Waals surface area contributed by atoms with Gasteiger partial charge in [-0.2, -0.15) is 0 Å². The van der Waals surface area contributed by atoms with E-state index in [1.807, 2.05) is 0 Å². The number of benzene rings is 1. The smallest absolute Gasteiger partial charge is 0.338 e. The zero-order chi connectivity index (χ0) is 14.5. The lowest BCUT2D eigenvalue weighted by Crippen LogP contribution is -2.07. The lowest BCUT2D eigenvalue weighted by molar-refractivity contribution is 0.0526. The van der Waals surface area contributed by atoms with Gasteiger partial charge in [-0.15, -0.1) is 0 Å². The van der Waals surface area contributed by atoms with Gasteiger partial charge in [0.1, 0.15) is 0 Å². The van der Waals surface area contributed by atoms with Crippen molar-refractivity contribution in [3.63, 3.8) is 0 Å². The highest BCUT2D eigenvalue weighted by Gasteiger charge is 2.13. The molecule has 2 rings (SSSR count). The molecule has 5 heteroatoms. The first-order valence-electron chi connectivity index (χ1n) is 6.07. The molecule has 1 N–H and O–H groups in total. The van der Waals surface area contributed by atoms with Crippen LogP contribution in [-0.2, 0) is 4.74 Å². The molecule has 0 saturated carbocycles. The zero-order valence-electron chi connectivity index (χ0n) is 10.9. The molecule has 0 unspecified atom stereocenters. The van der Waals surface area contributed by atoms with Gasteiger partial charge in [0.2, 0.25) is 0 Å². The van der Waals surface area contributed by atoms with Crippen LogP contribution in [0.2, 0.25) is 0 Å². The summed E-state index contributed by atoms with van der Waals surface area (Å²) in [4.78, 5) is 26.9. The number of aromatic nitrogens is 1. The Morgan fingerprint density at radius 3 is 2.55 bits per heavy atom. The van der Waals surface area contributed by atoms with E-state index < -0.39 is 11.9 Å². The molecule has 0 saturated heterocycles. The molecule has 0 bridgehead atoms. The Kier molecular flexibility index (Phi) is 4.10. The lowest BCUT2D eigenvalue weighted by Gasteiger charge is -2.07. The van der Waals surface area contributed by atoms with Crippen LogP contribution in [0.15, 0.2) is 42.7 Å². The van der Waals surface area contributed by atoms with E-state index in [0.717, 1.165) is 5.56 Å². The maximum Gasteiger partial charge on any atom is 0.338 e. The van der Waals surface area contributed by atoms with Crippen molar-refractivity contribution in [2.24, 2.45) is 0 Å². The fraction of sp³-hybridized carbons (Fsp3) is 0.133. The van der Waals surface area contributed by atoms with Crippen LogP contribution >= 0.6 is 0 Å². The van der Waals surface area contributed by atoms with E-state index in [1.165, 1.54) is 12.1 Å². The Morgan fingerprint density at radius 1 is 1.20 bits per heavy atom. The van der Waals surface area contributed by atoms with Crippen molar-refractivity contribution >= 4 is 11.9 Å². The Labute approximate surface area is 115 Å². The monoisotopic (exact) mass is 271 g/mol. The second kappa shape index (κ2) is 5.97. The van der Waals surface area contributed by atoms with Gasteiger partial charge in [-0.1, -0.05) is 6.07 Å². The van der Waals surface area contributed by atoms with Gasteiger partial charge in [0, 0.05) is 18.0 Å². The molecule has 1 aromatic heterocycles. The summed E-state index contributed by atoms with van der Waals surface area (Å²) in [6, 6.07) is 7.94. The van der Waals surface area contributed by atoms with Crippen LogP contribution in [0.3, 0.4) is 0 Å². The van der Waals surface area contributed by atoms with E-state index in [9.17, 15) is 9.59 Å². The van der Waals surface area contributed by atoms with Gasteiger partial charge in [-0.05, 0) is 36.8 Å². The van der Waals surface area contributed by atoms with Crippen LogP contribution in [0.4, 0.5) is 0 Å². The van der Waals surface area contributed by atoms with Crippen LogP contribution in [-0.4, -0.2) is 28.6 Å². The maximum atomic E-state index is 11.8. The van der Waals surface area contributed by atoms with Crippen molar-refractivity contribution in [1.29, 1.82) is 0 Å². The molecule has 0 spiro atoms. The summed E-state index contributed by atoms with van der Waals surface area (Å²) in [7, 11) is 0. The highest BCUT2D eigenvalue weighted by atomic mass is 16.5. The molecular formula is C15H13NO4. The summed E-state index contributed by atoms with van der Waals surface area (Å²) >= 11 is 0. The average Bonchev–Trinajstić information content (AvgIpc) is 2.48. The summed E-state index contributed by atoms with van der Waals surface area (Å²) < 4.78 is 4.91. The van der Waals surface area contributed by atoms with Gasteiger partial charge >= 0.3 is 11.9 Å². The number of hydrogen-bond acceptors (Lipinski definition) is 4. The first kappa shape index (κ1) is 13.7. The summed E-state index contributed by atoms with van der Waals surface area (Å²) in [5.41, 5.74) is 1.60. The standard InChI is InChI=1S/C15H13NO4/c1-2-20-15(19)13-7-11(6-12(8-13)14(17)18)10-4-3-5-16-9-10/h3-9H,2H2,1H3,(H,17,18). The molecule has 0 aliphatic carbocycles. The van der Waals surface area contributed by atoms with Crippen LogP contribution in [0.5, 0.6) is 0 Å². The molecule has 0 atom stereocenters. The third kappa shape index (κ3) is 3.00. The van der Waals surface area contributed by atoms with Crippen molar-refractivity contribution in [2.45, 2.75) is 6.92 Å². The fourth-order valence-corrected chi connectivity index (χ4v) is 1.78. The largest absolute Gasteiger partial charge is 0.478 e. The Bertz CT molecular complexity index is 638. The summed E-state index contributed by atoms with van der Waals surface area (Å²) in [6.07, 6.45) is 3.23. The molecule has 0 amide bonds. The number of rotatable bonds is 4. The second-order valence-corrected chi connectivity index (χ2v) is 4.07. The number of nitrogens with zero attached hydrogens (tertiary/aromatic N) is 1. The van der Waals surface area contributed by atoms with Crippen molar-refractivity contribution in [3.8, 4) is 11.1 Å². The molecule has 102 valence electrons. The average molecular weight is 271 g/mol. The number of ether oxygens (including phenoxy) is 1. The number of carbonyl (C=O) groups excluding carboxylic acids is 1. The number of carboxylic acids is 1. The number of carboxylic acid groups (broad SMARTS) is 1. The van der Waals surface area contributed by atoms with Crippen LogP contribution in [0, 0.1) is 0 Å². The Balaban J connectivity index is 2.52. The number of aromatic carboxylic acids is 1. The second-order valence-electron chi connectivity index (χ2n) is 4.07. The highest BCUT2D eigenvalue weighted by Crippen LogP contribution is 2.22. The lowest BCUT2D eigenvalue weighted by atomic mass is 10.0. The molecule has 0 aliphatic rings. The molecule has 0 radical (unpaired) electrons. The highest BCUT2D eigenvalue weighted by molar-refractivity contribution is 5.96. The van der Waals surface area contributed by atoms with Crippen molar-refractivity contribution in [1.82, 2.24) is 4.98 Å². The Morgan fingerprint density at radius 2 is 1.95 bits per heavy atom. The van der Waals surface area contributed by atoms with Gasteiger partial charge in [-0.3, -0.25) is 4.98 Å². The van der Waals surface area contributed by atoms with E-state index >= 15 is 0 Å². The first-order valence-corrected chi connectivity index (χ1v) is 6.07. The van der Waals surface area contributed by atoms with Crippen molar-refractivity contribution in [3.05, 3.63) is 53.9 Å². The molecule has 20 heavy (non-hydrogen) atoms. The number of pyridine rings is 1. The molecule has 0 fully saturated rings. The van der Waals surface area contributed by atoms with Crippen LogP contribution in [0.25, 0.3) is 11.1 Å². The third-order valence-electron chi connectivity index (χ3n) is 2.69. The van der Waals surface area contributed by atoms with Gasteiger partial charge in [0.15, 0.2) is 0 Å². The predicted octanol–water partition coefficient (Wildman–Crippen LogP) is 2.62. The van der Waals surface area contributed by atoms with Crippen LogP contribution in [0.1, 0.15) is 27.6 Å². The van der Waals surface area contributed by atoms with Gasteiger partial charge in [-0.25, -0.2) is 9.59 Å². The SMILES string of the molecule is CCOC(=O)c1cc(C(=O)O)cc(-c2cccnc2)c1. The normalized spacial score (nSPS) is 10.1. The van der Waals surface area contributed by atoms with E-state index in [1.54, 1.807) is 37.5 Å². The minimum absolute atomic E-state index is 0.0365. The summed E-state index contributed by atoms with van der Waals surface area (Å²) in [6.45, 7) is 1.93. The summed E-state index contributed by atoms with van der Waals surface area (Å²) in [5, 5.41) is 9.12. The minimum Gasteiger partial charge on any atom is -0.478 e. The van der Waals surface area contributed by atoms with Crippen molar-refractivity contribution < 1.29 is 19.4 Å². The van der Waals surface area contributed by atoms with Crippen molar-refractivity contribution in [2.75, 3.05) is 6.61 Å². The molecule has 5 nitrogen and oxygen atoms in total. The van der Waals surface area contributed by atoms with E-state index in [0.29, 0.717) is 5.56 Å². The third-order valence-corrected chi connectivity index (χ3v) is 2.69. The van der Waals surface area contributed by atoms with Gasteiger partial charge in [0.05, 0.1) is 17.7 Å². The maximum absolute atomic E-state index is 11.8. The number of carbonyl (C=O) groups is 2. The first-order chi connectivity index (χ1) is 9.61. The fourth-order valence-electron chi connectivity index (χ4n) is 1.78. The summed E-state index contributed by atoms with van der Waals surface area (Å²) in [5.74, 6) is -1.64. The minimum atomic E-state index is -1.10. The van der Waals surface area contributed by atoms with Gasteiger partial charge in [0.25, 0.3) is 0 Å². The Hall–Kier alpha value is -2.69. The molecule has 1 heterocycles. The van der Waals surface area contributed by atoms with E-state index in [2.05, 4.69) is 4.98 Å². The molecule has 0 aliphatic heterocycles. The molecule has 1 aromatic carbocycles.